The van der Waals surface area contributed by atoms with E-state index in [4.69, 9.17) is 0 Å². The summed E-state index contributed by atoms with van der Waals surface area (Å²) in [6.07, 6.45) is 1.14. The van der Waals surface area contributed by atoms with Crippen molar-refractivity contribution >= 4 is 11.8 Å². The minimum Gasteiger partial charge on any atom is -0.352 e. The van der Waals surface area contributed by atoms with Crippen molar-refractivity contribution < 1.29 is 9.59 Å². The van der Waals surface area contributed by atoms with Gasteiger partial charge in [0.25, 0.3) is 0 Å². The Labute approximate surface area is 162 Å². The van der Waals surface area contributed by atoms with Crippen molar-refractivity contribution in [3.05, 3.63) is 71.3 Å². The van der Waals surface area contributed by atoms with Crippen LogP contribution in [-0.4, -0.2) is 28.8 Å². The summed E-state index contributed by atoms with van der Waals surface area (Å²) in [5, 5.41) is 2.99. The fourth-order valence-corrected chi connectivity index (χ4v) is 2.81. The molecule has 4 heteroatoms. The molecule has 0 aliphatic heterocycles. The van der Waals surface area contributed by atoms with E-state index in [-0.39, 0.29) is 24.3 Å². The number of nitrogens with zero attached hydrogens (tertiary/aromatic N) is 1. The fourth-order valence-electron chi connectivity index (χ4n) is 2.81. The van der Waals surface area contributed by atoms with Crippen molar-refractivity contribution in [2.75, 3.05) is 0 Å². The Morgan fingerprint density at radius 2 is 1.59 bits per heavy atom. The van der Waals surface area contributed by atoms with E-state index in [1.54, 1.807) is 11.8 Å². The largest absolute Gasteiger partial charge is 0.352 e. The zero-order valence-electron chi connectivity index (χ0n) is 16.7. The lowest BCUT2D eigenvalue weighted by molar-refractivity contribution is -0.140. The van der Waals surface area contributed by atoms with Crippen molar-refractivity contribution in [1.82, 2.24) is 10.2 Å². The number of hydrogen-bond acceptors (Lipinski definition) is 2. The standard InChI is InChI=1S/C23H30N2O2/c1-5-18(3)24-23(27)19(4)25(16-21-9-7-6-8-10-21)22(26)15-20-13-11-17(2)12-14-20/h6-14,18-19H,5,15-16H2,1-4H3,(H,24,27)/t18-,19-/m0/s1. The first kappa shape index (κ1) is 20.7. The highest BCUT2D eigenvalue weighted by Crippen LogP contribution is 2.13. The van der Waals surface area contributed by atoms with E-state index in [1.807, 2.05) is 75.4 Å². The highest BCUT2D eigenvalue weighted by molar-refractivity contribution is 5.88. The molecule has 4 nitrogen and oxygen atoms in total. The molecular formula is C23H30N2O2. The van der Waals surface area contributed by atoms with Crippen LogP contribution < -0.4 is 5.32 Å². The predicted octanol–water partition coefficient (Wildman–Crippen LogP) is 3.87. The second-order valence-corrected chi connectivity index (χ2v) is 7.16. The van der Waals surface area contributed by atoms with Gasteiger partial charge in [0, 0.05) is 12.6 Å². The second kappa shape index (κ2) is 9.91. The summed E-state index contributed by atoms with van der Waals surface area (Å²) in [4.78, 5) is 27.4. The van der Waals surface area contributed by atoms with E-state index in [0.29, 0.717) is 6.54 Å². The number of carbonyl (C=O) groups is 2. The topological polar surface area (TPSA) is 49.4 Å². The van der Waals surface area contributed by atoms with Crippen molar-refractivity contribution in [2.45, 2.75) is 59.2 Å². The summed E-state index contributed by atoms with van der Waals surface area (Å²) in [6, 6.07) is 17.3. The predicted molar refractivity (Wildman–Crippen MR) is 109 cm³/mol. The van der Waals surface area contributed by atoms with E-state index in [1.165, 1.54) is 0 Å². The van der Waals surface area contributed by atoms with Crippen LogP contribution in [0.3, 0.4) is 0 Å². The lowest BCUT2D eigenvalue weighted by atomic mass is 10.1. The van der Waals surface area contributed by atoms with E-state index < -0.39 is 6.04 Å². The van der Waals surface area contributed by atoms with E-state index in [2.05, 4.69) is 5.32 Å². The smallest absolute Gasteiger partial charge is 0.242 e. The number of carbonyl (C=O) groups excluding carboxylic acids is 2. The molecule has 0 aromatic heterocycles. The molecule has 0 saturated heterocycles. The first-order valence-corrected chi connectivity index (χ1v) is 9.60. The molecule has 0 fully saturated rings. The van der Waals surface area contributed by atoms with Gasteiger partial charge in [-0.25, -0.2) is 0 Å². The van der Waals surface area contributed by atoms with Gasteiger partial charge in [-0.15, -0.1) is 0 Å². The number of amides is 2. The van der Waals surface area contributed by atoms with Crippen LogP contribution in [0.25, 0.3) is 0 Å². The third-order valence-electron chi connectivity index (χ3n) is 4.84. The Balaban J connectivity index is 2.18. The molecule has 0 unspecified atom stereocenters. The Hall–Kier alpha value is -2.62. The highest BCUT2D eigenvalue weighted by Gasteiger charge is 2.26. The minimum atomic E-state index is -0.530. The van der Waals surface area contributed by atoms with Crippen molar-refractivity contribution in [3.8, 4) is 0 Å². The Morgan fingerprint density at radius 1 is 0.963 bits per heavy atom. The third kappa shape index (κ3) is 6.24. The molecule has 0 aliphatic rings. The zero-order valence-corrected chi connectivity index (χ0v) is 16.7. The maximum absolute atomic E-state index is 13.0. The van der Waals surface area contributed by atoms with Crippen LogP contribution in [0, 0.1) is 6.92 Å². The first-order chi connectivity index (χ1) is 12.9. The van der Waals surface area contributed by atoms with E-state index >= 15 is 0 Å². The first-order valence-electron chi connectivity index (χ1n) is 9.60. The average molecular weight is 367 g/mol. The van der Waals surface area contributed by atoms with Gasteiger partial charge in [0.05, 0.1) is 6.42 Å². The molecule has 0 aliphatic carbocycles. The molecule has 0 spiro atoms. The SMILES string of the molecule is CC[C@H](C)NC(=O)[C@H](C)N(Cc1ccccc1)C(=O)Cc1ccc(C)cc1. The molecule has 0 saturated carbocycles. The van der Waals surface area contributed by atoms with Gasteiger partial charge in [-0.3, -0.25) is 9.59 Å². The summed E-state index contributed by atoms with van der Waals surface area (Å²) in [7, 11) is 0. The Morgan fingerprint density at radius 3 is 2.19 bits per heavy atom. The number of nitrogens with one attached hydrogen (secondary N) is 1. The summed E-state index contributed by atoms with van der Waals surface area (Å²) in [5.41, 5.74) is 3.13. The number of hydrogen-bond donors (Lipinski definition) is 1. The third-order valence-corrected chi connectivity index (χ3v) is 4.84. The Kier molecular flexibility index (Phi) is 7.59. The lowest BCUT2D eigenvalue weighted by Gasteiger charge is -2.29. The fraction of sp³-hybridized carbons (Fsp3) is 0.391. The molecule has 0 bridgehead atoms. The van der Waals surface area contributed by atoms with Crippen LogP contribution in [0.2, 0.25) is 0 Å². The van der Waals surface area contributed by atoms with Gasteiger partial charge in [0.15, 0.2) is 0 Å². The number of benzene rings is 2. The number of rotatable bonds is 8. The van der Waals surface area contributed by atoms with E-state index in [9.17, 15) is 9.59 Å². The zero-order chi connectivity index (χ0) is 19.8. The van der Waals surface area contributed by atoms with E-state index in [0.717, 1.165) is 23.1 Å². The molecule has 2 amide bonds. The number of aryl methyl sites for hydroxylation is 1. The quantitative estimate of drug-likeness (QED) is 0.771. The van der Waals surface area contributed by atoms with Gasteiger partial charge >= 0.3 is 0 Å². The molecule has 2 aromatic rings. The second-order valence-electron chi connectivity index (χ2n) is 7.16. The molecule has 27 heavy (non-hydrogen) atoms. The van der Waals surface area contributed by atoms with Crippen LogP contribution in [0.4, 0.5) is 0 Å². The molecule has 144 valence electrons. The molecule has 2 rings (SSSR count). The van der Waals surface area contributed by atoms with Crippen LogP contribution >= 0.6 is 0 Å². The normalized spacial score (nSPS) is 12.9. The van der Waals surface area contributed by atoms with Crippen molar-refractivity contribution in [2.24, 2.45) is 0 Å². The highest BCUT2D eigenvalue weighted by atomic mass is 16.2. The Bertz CT molecular complexity index is 741. The van der Waals surface area contributed by atoms with Crippen molar-refractivity contribution in [1.29, 1.82) is 0 Å². The molecule has 0 heterocycles. The molecule has 2 atom stereocenters. The summed E-state index contributed by atoms with van der Waals surface area (Å²) < 4.78 is 0. The maximum atomic E-state index is 13.0. The van der Waals surface area contributed by atoms with Gasteiger partial charge in [-0.05, 0) is 38.3 Å². The molecular weight excluding hydrogens is 336 g/mol. The molecule has 0 radical (unpaired) electrons. The van der Waals surface area contributed by atoms with Gasteiger partial charge in [-0.2, -0.15) is 0 Å². The average Bonchev–Trinajstić information content (AvgIpc) is 2.67. The van der Waals surface area contributed by atoms with Gasteiger partial charge in [0.2, 0.25) is 11.8 Å². The summed E-state index contributed by atoms with van der Waals surface area (Å²) >= 11 is 0. The van der Waals surface area contributed by atoms with Gasteiger partial charge < -0.3 is 10.2 Å². The minimum absolute atomic E-state index is 0.0468. The maximum Gasteiger partial charge on any atom is 0.242 e. The van der Waals surface area contributed by atoms with Crippen LogP contribution in [0.5, 0.6) is 0 Å². The van der Waals surface area contributed by atoms with Crippen LogP contribution in [0.15, 0.2) is 54.6 Å². The summed E-state index contributed by atoms with van der Waals surface area (Å²) in [5.74, 6) is -0.160. The molecule has 2 aromatic carbocycles. The van der Waals surface area contributed by atoms with Crippen molar-refractivity contribution in [3.63, 3.8) is 0 Å². The lowest BCUT2D eigenvalue weighted by Crippen LogP contribution is -2.49. The van der Waals surface area contributed by atoms with Crippen LogP contribution in [-0.2, 0) is 22.6 Å². The summed E-state index contributed by atoms with van der Waals surface area (Å²) in [6.45, 7) is 8.24. The van der Waals surface area contributed by atoms with Crippen LogP contribution in [0.1, 0.15) is 43.9 Å². The van der Waals surface area contributed by atoms with Gasteiger partial charge in [-0.1, -0.05) is 67.1 Å². The monoisotopic (exact) mass is 366 g/mol. The van der Waals surface area contributed by atoms with Gasteiger partial charge in [0.1, 0.15) is 6.04 Å². The molecule has 1 N–H and O–H groups in total.